The molecule has 1 fully saturated rings. The largest absolute Gasteiger partial charge is 0.329 e. The highest BCUT2D eigenvalue weighted by atomic mass is 32.2. The molecule has 1 rings (SSSR count). The molecule has 1 aliphatic rings. The molecule has 0 saturated carbocycles. The summed E-state index contributed by atoms with van der Waals surface area (Å²) in [6.07, 6.45) is 7.46. The summed E-state index contributed by atoms with van der Waals surface area (Å²) >= 11 is 0. The lowest BCUT2D eigenvalue weighted by molar-refractivity contribution is 0.249. The van der Waals surface area contributed by atoms with E-state index in [1.54, 1.807) is 4.31 Å². The summed E-state index contributed by atoms with van der Waals surface area (Å²) in [5.41, 5.74) is 5.72. The fraction of sp³-hybridized carbons (Fsp3) is 1.00. The van der Waals surface area contributed by atoms with Crippen molar-refractivity contribution in [3.63, 3.8) is 0 Å². The van der Waals surface area contributed by atoms with Crippen molar-refractivity contribution in [2.24, 2.45) is 11.1 Å². The molecule has 0 aromatic heterocycles. The lowest BCUT2D eigenvalue weighted by Gasteiger charge is -2.35. The SMILES string of the molecule is CCCCCC(C)(C)CNS(=O)(=O)N1CCCCC1CN. The minimum absolute atomic E-state index is 0.00373. The predicted octanol–water partition coefficient (Wildman–Crippen LogP) is 2.24. The highest BCUT2D eigenvalue weighted by molar-refractivity contribution is 7.87. The van der Waals surface area contributed by atoms with E-state index in [2.05, 4.69) is 25.5 Å². The van der Waals surface area contributed by atoms with E-state index in [0.29, 0.717) is 19.6 Å². The normalized spacial score (nSPS) is 21.6. The first-order valence-electron chi connectivity index (χ1n) is 8.29. The van der Waals surface area contributed by atoms with Gasteiger partial charge in [-0.2, -0.15) is 12.7 Å². The molecular weight excluding hydrogens is 286 g/mol. The molecule has 126 valence electrons. The van der Waals surface area contributed by atoms with E-state index in [0.717, 1.165) is 32.1 Å². The average molecular weight is 320 g/mol. The third-order valence-electron chi connectivity index (χ3n) is 4.34. The van der Waals surface area contributed by atoms with E-state index >= 15 is 0 Å². The highest BCUT2D eigenvalue weighted by Crippen LogP contribution is 2.24. The standard InChI is InChI=1S/C15H33N3O2S/c1-4-5-7-10-15(2,3)13-17-21(19,20)18-11-8-6-9-14(18)12-16/h14,17H,4-13,16H2,1-3H3. The first kappa shape index (κ1) is 18.9. The van der Waals surface area contributed by atoms with Crippen LogP contribution in [-0.2, 0) is 10.2 Å². The van der Waals surface area contributed by atoms with Crippen LogP contribution in [0.4, 0.5) is 0 Å². The third kappa shape index (κ3) is 6.22. The highest BCUT2D eigenvalue weighted by Gasteiger charge is 2.32. The van der Waals surface area contributed by atoms with Crippen LogP contribution in [0.15, 0.2) is 0 Å². The van der Waals surface area contributed by atoms with Crippen molar-refractivity contribution in [2.75, 3.05) is 19.6 Å². The van der Waals surface area contributed by atoms with E-state index in [9.17, 15) is 8.42 Å². The second-order valence-electron chi connectivity index (χ2n) is 6.94. The van der Waals surface area contributed by atoms with Crippen molar-refractivity contribution in [1.29, 1.82) is 0 Å². The number of nitrogens with one attached hydrogen (secondary N) is 1. The Hall–Kier alpha value is -0.170. The van der Waals surface area contributed by atoms with Gasteiger partial charge in [0, 0.05) is 25.7 Å². The zero-order chi connectivity index (χ0) is 15.9. The smallest absolute Gasteiger partial charge is 0.279 e. The van der Waals surface area contributed by atoms with Crippen molar-refractivity contribution in [2.45, 2.75) is 71.8 Å². The van der Waals surface area contributed by atoms with Gasteiger partial charge in [-0.15, -0.1) is 0 Å². The number of nitrogens with two attached hydrogens (primary N) is 1. The summed E-state index contributed by atoms with van der Waals surface area (Å²) in [4.78, 5) is 0. The maximum atomic E-state index is 12.5. The summed E-state index contributed by atoms with van der Waals surface area (Å²) in [6.45, 7) is 7.92. The van der Waals surface area contributed by atoms with E-state index < -0.39 is 10.2 Å². The van der Waals surface area contributed by atoms with Gasteiger partial charge in [-0.05, 0) is 24.7 Å². The Labute approximate surface area is 130 Å². The van der Waals surface area contributed by atoms with E-state index in [1.807, 2.05) is 0 Å². The van der Waals surface area contributed by atoms with Gasteiger partial charge in [0.05, 0.1) is 0 Å². The number of hydrogen-bond donors (Lipinski definition) is 2. The molecular formula is C15H33N3O2S. The lowest BCUT2D eigenvalue weighted by atomic mass is 9.87. The zero-order valence-electron chi connectivity index (χ0n) is 13.9. The molecule has 5 nitrogen and oxygen atoms in total. The summed E-state index contributed by atoms with van der Waals surface area (Å²) in [5.74, 6) is 0. The lowest BCUT2D eigenvalue weighted by Crippen LogP contribution is -2.52. The van der Waals surface area contributed by atoms with Crippen LogP contribution in [0.3, 0.4) is 0 Å². The Balaban J connectivity index is 2.55. The Bertz CT molecular complexity index is 396. The number of piperidine rings is 1. The molecule has 0 aromatic carbocycles. The number of nitrogens with zero attached hydrogens (tertiary/aromatic N) is 1. The Kier molecular flexibility index (Phi) is 7.60. The number of rotatable bonds is 9. The van der Waals surface area contributed by atoms with Gasteiger partial charge in [-0.3, -0.25) is 0 Å². The van der Waals surface area contributed by atoms with Crippen LogP contribution in [0, 0.1) is 5.41 Å². The first-order valence-corrected chi connectivity index (χ1v) is 9.73. The van der Waals surface area contributed by atoms with E-state index in [1.165, 1.54) is 12.8 Å². The molecule has 1 aliphatic heterocycles. The maximum Gasteiger partial charge on any atom is 0.279 e. The van der Waals surface area contributed by atoms with Gasteiger partial charge in [0.25, 0.3) is 10.2 Å². The van der Waals surface area contributed by atoms with Crippen molar-refractivity contribution in [3.05, 3.63) is 0 Å². The van der Waals surface area contributed by atoms with Gasteiger partial charge in [0.15, 0.2) is 0 Å². The number of unbranched alkanes of at least 4 members (excludes halogenated alkanes) is 2. The average Bonchev–Trinajstić information content (AvgIpc) is 2.45. The van der Waals surface area contributed by atoms with Crippen molar-refractivity contribution >= 4 is 10.2 Å². The molecule has 0 aromatic rings. The quantitative estimate of drug-likeness (QED) is 0.640. The molecule has 6 heteroatoms. The fourth-order valence-electron chi connectivity index (χ4n) is 2.84. The molecule has 1 saturated heterocycles. The minimum Gasteiger partial charge on any atom is -0.329 e. The summed E-state index contributed by atoms with van der Waals surface area (Å²) in [5, 5.41) is 0. The Morgan fingerprint density at radius 1 is 1.29 bits per heavy atom. The molecule has 1 unspecified atom stereocenters. The Morgan fingerprint density at radius 2 is 2.00 bits per heavy atom. The third-order valence-corrected chi connectivity index (χ3v) is 5.95. The summed E-state index contributed by atoms with van der Waals surface area (Å²) in [7, 11) is -3.41. The molecule has 1 heterocycles. The first-order chi connectivity index (χ1) is 9.82. The maximum absolute atomic E-state index is 12.5. The van der Waals surface area contributed by atoms with Crippen molar-refractivity contribution in [1.82, 2.24) is 9.03 Å². The van der Waals surface area contributed by atoms with Gasteiger partial charge in [0.2, 0.25) is 0 Å². The molecule has 0 spiro atoms. The van der Waals surface area contributed by atoms with Crippen molar-refractivity contribution < 1.29 is 8.42 Å². The summed E-state index contributed by atoms with van der Waals surface area (Å²) < 4.78 is 29.4. The van der Waals surface area contributed by atoms with Gasteiger partial charge in [-0.1, -0.05) is 46.5 Å². The second kappa shape index (κ2) is 8.46. The molecule has 0 bridgehead atoms. The van der Waals surface area contributed by atoms with Crippen LogP contribution in [0.25, 0.3) is 0 Å². The molecule has 3 N–H and O–H groups in total. The zero-order valence-corrected chi connectivity index (χ0v) is 14.7. The van der Waals surface area contributed by atoms with Gasteiger partial charge in [0.1, 0.15) is 0 Å². The van der Waals surface area contributed by atoms with Crippen LogP contribution < -0.4 is 10.5 Å². The summed E-state index contributed by atoms with van der Waals surface area (Å²) in [6, 6.07) is -0.0422. The molecule has 1 atom stereocenters. The van der Waals surface area contributed by atoms with Crippen molar-refractivity contribution in [3.8, 4) is 0 Å². The van der Waals surface area contributed by atoms with Crippen LogP contribution in [0.2, 0.25) is 0 Å². The fourth-order valence-corrected chi connectivity index (χ4v) is 4.53. The molecule has 21 heavy (non-hydrogen) atoms. The van der Waals surface area contributed by atoms with Gasteiger partial charge >= 0.3 is 0 Å². The van der Waals surface area contributed by atoms with E-state index in [4.69, 9.17) is 5.73 Å². The van der Waals surface area contributed by atoms with Crippen LogP contribution in [-0.4, -0.2) is 38.4 Å². The monoisotopic (exact) mass is 319 g/mol. The second-order valence-corrected chi connectivity index (χ2v) is 8.65. The number of hydrogen-bond acceptors (Lipinski definition) is 3. The molecule has 0 radical (unpaired) electrons. The minimum atomic E-state index is -3.41. The van der Waals surface area contributed by atoms with E-state index in [-0.39, 0.29) is 11.5 Å². The molecule has 0 amide bonds. The van der Waals surface area contributed by atoms with Crippen LogP contribution in [0.5, 0.6) is 0 Å². The predicted molar refractivity (Wildman–Crippen MR) is 88.2 cm³/mol. The molecule has 0 aliphatic carbocycles. The van der Waals surface area contributed by atoms with Gasteiger partial charge < -0.3 is 5.73 Å². The van der Waals surface area contributed by atoms with Crippen LogP contribution >= 0.6 is 0 Å². The topological polar surface area (TPSA) is 75.4 Å². The Morgan fingerprint density at radius 3 is 2.62 bits per heavy atom. The van der Waals surface area contributed by atoms with Gasteiger partial charge in [-0.25, -0.2) is 4.72 Å². The van der Waals surface area contributed by atoms with Crippen LogP contribution in [0.1, 0.15) is 65.7 Å².